The van der Waals surface area contributed by atoms with Crippen molar-refractivity contribution in [1.82, 2.24) is 9.88 Å². The standard InChI is InChI=1S/C25H36N2O4/c1-14(2)27-15(3)6-21(17(27)5)22(28)13-31-23(29)16(4)26-24(30)25-10-18-7-19(11-25)9-20(8-18)12-25/h6,14,16,18-20H,7-13H2,1-5H3,(H,26,30)/t16-,18?,19?,20?,25?/m0/s1. The molecule has 4 bridgehead atoms. The molecule has 0 radical (unpaired) electrons. The first-order valence-corrected chi connectivity index (χ1v) is 11.8. The number of rotatable bonds is 7. The van der Waals surface area contributed by atoms with Gasteiger partial charge in [-0.3, -0.25) is 9.59 Å². The molecule has 0 spiro atoms. The molecule has 1 aromatic heterocycles. The van der Waals surface area contributed by atoms with Gasteiger partial charge in [0.05, 0.1) is 0 Å². The minimum absolute atomic E-state index is 0.00264. The van der Waals surface area contributed by atoms with Crippen molar-refractivity contribution in [2.24, 2.45) is 23.2 Å². The third-order valence-electron chi connectivity index (χ3n) is 7.87. The third-order valence-corrected chi connectivity index (χ3v) is 7.87. The van der Waals surface area contributed by atoms with Gasteiger partial charge in [-0.05, 0) is 97.0 Å². The van der Waals surface area contributed by atoms with E-state index in [-0.39, 0.29) is 29.8 Å². The Morgan fingerprint density at radius 3 is 2.10 bits per heavy atom. The van der Waals surface area contributed by atoms with Gasteiger partial charge in [-0.1, -0.05) is 0 Å². The number of carbonyl (C=O) groups excluding carboxylic acids is 3. The van der Waals surface area contributed by atoms with Gasteiger partial charge in [-0.2, -0.15) is 0 Å². The molecule has 0 aliphatic heterocycles. The summed E-state index contributed by atoms with van der Waals surface area (Å²) in [6, 6.07) is 1.35. The number of carbonyl (C=O) groups is 3. The lowest BCUT2D eigenvalue weighted by Gasteiger charge is -2.55. The number of nitrogens with one attached hydrogen (secondary N) is 1. The topological polar surface area (TPSA) is 77.4 Å². The highest BCUT2D eigenvalue weighted by Crippen LogP contribution is 2.60. The van der Waals surface area contributed by atoms with Gasteiger partial charge in [0.2, 0.25) is 11.7 Å². The first kappa shape index (κ1) is 22.1. The molecule has 5 rings (SSSR count). The molecule has 1 aromatic rings. The predicted octanol–water partition coefficient (Wildman–Crippen LogP) is 4.13. The van der Waals surface area contributed by atoms with Crippen molar-refractivity contribution >= 4 is 17.7 Å². The average molecular weight is 429 g/mol. The van der Waals surface area contributed by atoms with Crippen LogP contribution in [0, 0.1) is 37.0 Å². The molecule has 0 aromatic carbocycles. The molecular weight excluding hydrogens is 392 g/mol. The van der Waals surface area contributed by atoms with Gasteiger partial charge >= 0.3 is 5.97 Å². The normalized spacial score (nSPS) is 29.8. The number of aryl methyl sites for hydroxylation is 1. The highest BCUT2D eigenvalue weighted by Gasteiger charge is 2.54. The van der Waals surface area contributed by atoms with Crippen LogP contribution in [0.5, 0.6) is 0 Å². The van der Waals surface area contributed by atoms with E-state index in [0.717, 1.165) is 30.7 Å². The summed E-state index contributed by atoms with van der Waals surface area (Å²) in [6.07, 6.45) is 6.67. The molecule has 31 heavy (non-hydrogen) atoms. The lowest BCUT2D eigenvalue weighted by Crippen LogP contribution is -2.56. The molecule has 4 aliphatic carbocycles. The molecule has 0 unspecified atom stereocenters. The maximum Gasteiger partial charge on any atom is 0.328 e. The van der Waals surface area contributed by atoms with E-state index in [2.05, 4.69) is 23.7 Å². The summed E-state index contributed by atoms with van der Waals surface area (Å²) in [4.78, 5) is 38.3. The summed E-state index contributed by atoms with van der Waals surface area (Å²) in [5.74, 6) is 1.24. The van der Waals surface area contributed by atoms with E-state index in [9.17, 15) is 14.4 Å². The number of hydrogen-bond donors (Lipinski definition) is 1. The van der Waals surface area contributed by atoms with Crippen molar-refractivity contribution in [1.29, 1.82) is 0 Å². The van der Waals surface area contributed by atoms with Crippen LogP contribution in [0.1, 0.15) is 87.1 Å². The quantitative estimate of drug-likeness (QED) is 0.523. The minimum Gasteiger partial charge on any atom is -0.456 e. The maximum atomic E-state index is 13.1. The van der Waals surface area contributed by atoms with Crippen molar-refractivity contribution in [3.8, 4) is 0 Å². The van der Waals surface area contributed by atoms with Gasteiger partial charge in [0, 0.05) is 28.4 Å². The fourth-order valence-electron chi connectivity index (χ4n) is 6.99. The zero-order chi connectivity index (χ0) is 22.5. The van der Waals surface area contributed by atoms with E-state index in [4.69, 9.17) is 4.74 Å². The Kier molecular flexibility index (Phi) is 5.78. The fourth-order valence-corrected chi connectivity index (χ4v) is 6.99. The van der Waals surface area contributed by atoms with E-state index in [1.165, 1.54) is 19.3 Å². The molecule has 4 aliphatic rings. The number of aromatic nitrogens is 1. The summed E-state index contributed by atoms with van der Waals surface area (Å²) in [5.41, 5.74) is 2.19. The number of amides is 1. The molecular formula is C25H36N2O4. The van der Waals surface area contributed by atoms with E-state index >= 15 is 0 Å². The number of Topliss-reactive ketones (excluding diaryl/α,β-unsaturated/α-hetero) is 1. The SMILES string of the molecule is Cc1cc(C(=O)COC(=O)[C@H](C)NC(=O)C23CC4CC(CC(C4)C2)C3)c(C)n1C(C)C. The van der Waals surface area contributed by atoms with Crippen LogP contribution in [0.15, 0.2) is 6.07 Å². The molecule has 6 nitrogen and oxygen atoms in total. The van der Waals surface area contributed by atoms with E-state index in [1.54, 1.807) is 6.92 Å². The summed E-state index contributed by atoms with van der Waals surface area (Å²) in [6.45, 7) is 9.37. The zero-order valence-electron chi connectivity index (χ0n) is 19.5. The van der Waals surface area contributed by atoms with E-state index in [1.807, 2.05) is 19.9 Å². The van der Waals surface area contributed by atoms with E-state index in [0.29, 0.717) is 23.3 Å². The van der Waals surface area contributed by atoms with Crippen molar-refractivity contribution in [3.05, 3.63) is 23.0 Å². The lowest BCUT2D eigenvalue weighted by atomic mass is 9.49. The van der Waals surface area contributed by atoms with Crippen LogP contribution in [-0.4, -0.2) is 34.9 Å². The Labute approximate surface area is 185 Å². The molecule has 1 atom stereocenters. The Balaban J connectivity index is 1.33. The Morgan fingerprint density at radius 1 is 1.06 bits per heavy atom. The second kappa shape index (κ2) is 8.10. The van der Waals surface area contributed by atoms with Crippen LogP contribution in [0.3, 0.4) is 0 Å². The van der Waals surface area contributed by atoms with Crippen molar-refractivity contribution in [2.75, 3.05) is 6.61 Å². The third kappa shape index (κ3) is 4.06. The molecule has 170 valence electrons. The van der Waals surface area contributed by atoms with Crippen LogP contribution < -0.4 is 5.32 Å². The first-order valence-electron chi connectivity index (χ1n) is 11.8. The van der Waals surface area contributed by atoms with Gasteiger partial charge in [-0.15, -0.1) is 0 Å². The lowest BCUT2D eigenvalue weighted by molar-refractivity contribution is -0.153. The Bertz CT molecular complexity index is 862. The number of hydrogen-bond acceptors (Lipinski definition) is 4. The van der Waals surface area contributed by atoms with Crippen molar-refractivity contribution < 1.29 is 19.1 Å². The van der Waals surface area contributed by atoms with Gasteiger partial charge < -0.3 is 14.6 Å². The number of ketones is 1. The molecule has 0 saturated heterocycles. The first-order chi connectivity index (χ1) is 14.6. The number of nitrogens with zero attached hydrogens (tertiary/aromatic N) is 1. The average Bonchev–Trinajstić information content (AvgIpc) is 2.98. The van der Waals surface area contributed by atoms with Gasteiger partial charge in [0.1, 0.15) is 6.04 Å². The van der Waals surface area contributed by atoms with E-state index < -0.39 is 12.0 Å². The monoisotopic (exact) mass is 428 g/mol. The largest absolute Gasteiger partial charge is 0.456 e. The maximum absolute atomic E-state index is 13.1. The summed E-state index contributed by atoms with van der Waals surface area (Å²) in [5, 5.41) is 2.91. The van der Waals surface area contributed by atoms with Crippen LogP contribution >= 0.6 is 0 Å². The Hall–Kier alpha value is -2.11. The molecule has 1 amide bonds. The molecule has 4 fully saturated rings. The van der Waals surface area contributed by atoms with Crippen LogP contribution in [0.25, 0.3) is 0 Å². The second-order valence-electron chi connectivity index (χ2n) is 10.7. The van der Waals surface area contributed by atoms with Gasteiger partial charge in [0.15, 0.2) is 6.61 Å². The molecule has 6 heteroatoms. The zero-order valence-corrected chi connectivity index (χ0v) is 19.5. The minimum atomic E-state index is -0.753. The second-order valence-corrected chi connectivity index (χ2v) is 10.7. The molecule has 1 heterocycles. The Morgan fingerprint density at radius 2 is 1.61 bits per heavy atom. The van der Waals surface area contributed by atoms with Crippen molar-refractivity contribution in [2.45, 2.75) is 85.2 Å². The summed E-state index contributed by atoms with van der Waals surface area (Å²) >= 11 is 0. The molecule has 4 saturated carbocycles. The smallest absolute Gasteiger partial charge is 0.328 e. The molecule has 1 N–H and O–H groups in total. The highest BCUT2D eigenvalue weighted by atomic mass is 16.5. The van der Waals surface area contributed by atoms with Crippen LogP contribution in [0.2, 0.25) is 0 Å². The van der Waals surface area contributed by atoms with Crippen LogP contribution in [0.4, 0.5) is 0 Å². The highest BCUT2D eigenvalue weighted by molar-refractivity contribution is 5.99. The van der Waals surface area contributed by atoms with Gasteiger partial charge in [-0.25, -0.2) is 4.79 Å². The van der Waals surface area contributed by atoms with Crippen LogP contribution in [-0.2, 0) is 14.3 Å². The van der Waals surface area contributed by atoms with Crippen molar-refractivity contribution in [3.63, 3.8) is 0 Å². The summed E-state index contributed by atoms with van der Waals surface area (Å²) in [7, 11) is 0. The number of esters is 1. The predicted molar refractivity (Wildman–Crippen MR) is 118 cm³/mol. The fraction of sp³-hybridized carbons (Fsp3) is 0.720. The number of ether oxygens (including phenoxy) is 1. The summed E-state index contributed by atoms with van der Waals surface area (Å²) < 4.78 is 7.39. The van der Waals surface area contributed by atoms with Gasteiger partial charge in [0.25, 0.3) is 0 Å².